The van der Waals surface area contributed by atoms with E-state index in [-0.39, 0.29) is 5.57 Å². The van der Waals surface area contributed by atoms with Gasteiger partial charge in [-0.05, 0) is 17.2 Å². The Labute approximate surface area is 118 Å². The summed E-state index contributed by atoms with van der Waals surface area (Å²) in [5.41, 5.74) is 1.65. The van der Waals surface area contributed by atoms with Gasteiger partial charge in [0.25, 0.3) is 0 Å². The summed E-state index contributed by atoms with van der Waals surface area (Å²) in [4.78, 5) is 0. The summed E-state index contributed by atoms with van der Waals surface area (Å²) >= 11 is 0. The highest BCUT2D eigenvalue weighted by atomic mass is 14.3. The molecule has 4 heteroatoms. The summed E-state index contributed by atoms with van der Waals surface area (Å²) in [5.74, 6) is -0.653. The Morgan fingerprint density at radius 3 is 1.90 bits per heavy atom. The maximum Gasteiger partial charge on any atom is 0.137 e. The van der Waals surface area contributed by atoms with Crippen LogP contribution in [-0.2, 0) is 6.42 Å². The molecule has 0 fully saturated rings. The van der Waals surface area contributed by atoms with Crippen LogP contribution in [0.25, 0.3) is 6.08 Å². The fourth-order valence-electron chi connectivity index (χ4n) is 1.36. The molecule has 0 heterocycles. The smallest absolute Gasteiger partial charge is 0.137 e. The normalized spacial score (nSPS) is 7.85. The molecule has 1 aromatic carbocycles. The predicted octanol–water partition coefficient (Wildman–Crippen LogP) is 3.13. The zero-order valence-electron chi connectivity index (χ0n) is 10.9. The first-order chi connectivity index (χ1) is 9.73. The lowest BCUT2D eigenvalue weighted by Gasteiger charge is -2.01. The summed E-state index contributed by atoms with van der Waals surface area (Å²) < 4.78 is 0. The van der Waals surface area contributed by atoms with Gasteiger partial charge in [0.1, 0.15) is 23.6 Å². The van der Waals surface area contributed by atoms with E-state index in [1.165, 1.54) is 6.08 Å². The lowest BCUT2D eigenvalue weighted by molar-refractivity contribution is 0.834. The van der Waals surface area contributed by atoms with Crippen LogP contribution in [0.1, 0.15) is 11.1 Å². The molecule has 1 aromatic rings. The molecule has 0 aromatic heterocycles. The van der Waals surface area contributed by atoms with E-state index in [4.69, 9.17) is 21.0 Å². The van der Waals surface area contributed by atoms with Gasteiger partial charge in [0.05, 0.1) is 12.1 Å². The van der Waals surface area contributed by atoms with Crippen LogP contribution in [-0.4, -0.2) is 0 Å². The van der Waals surface area contributed by atoms with Crippen LogP contribution < -0.4 is 0 Å². The van der Waals surface area contributed by atoms with Crippen molar-refractivity contribution in [2.24, 2.45) is 5.92 Å². The monoisotopic (exact) mass is 260 g/mol. The van der Waals surface area contributed by atoms with Crippen molar-refractivity contribution in [2.75, 3.05) is 0 Å². The summed E-state index contributed by atoms with van der Waals surface area (Å²) in [6.45, 7) is 6.00. The molecule has 0 aliphatic heterocycles. The quantitative estimate of drug-likeness (QED) is 0.616. The summed E-state index contributed by atoms with van der Waals surface area (Å²) in [6, 6.07) is 14.4. The van der Waals surface area contributed by atoms with Gasteiger partial charge in [-0.2, -0.15) is 21.0 Å². The Hall–Kier alpha value is -3.34. The standard InChI is InChI=1S/C14H8N4.C2H4/c15-7-13(8-16)5-11-1-2-12(4-3-11)6-14(9-17)10-18;1-2/h1-5,14H,6H2;1-2H2. The second-order valence-corrected chi connectivity index (χ2v) is 3.54. The molecule has 4 nitrogen and oxygen atoms in total. The number of nitrogens with zero attached hydrogens (tertiary/aromatic N) is 4. The molecule has 0 N–H and O–H groups in total. The van der Waals surface area contributed by atoms with Crippen LogP contribution in [0.4, 0.5) is 0 Å². The minimum atomic E-state index is -0.653. The molecule has 0 bridgehead atoms. The van der Waals surface area contributed by atoms with Gasteiger partial charge >= 0.3 is 0 Å². The van der Waals surface area contributed by atoms with Crippen LogP contribution >= 0.6 is 0 Å². The van der Waals surface area contributed by atoms with Crippen molar-refractivity contribution in [1.29, 1.82) is 21.0 Å². The van der Waals surface area contributed by atoms with E-state index in [0.29, 0.717) is 6.42 Å². The topological polar surface area (TPSA) is 95.2 Å². The number of rotatable bonds is 3. The molecule has 0 atom stereocenters. The van der Waals surface area contributed by atoms with Gasteiger partial charge in [0.2, 0.25) is 0 Å². The van der Waals surface area contributed by atoms with E-state index in [2.05, 4.69) is 13.2 Å². The first-order valence-electron chi connectivity index (χ1n) is 5.63. The van der Waals surface area contributed by atoms with E-state index in [1.807, 2.05) is 12.1 Å². The molecule has 0 aliphatic rings. The van der Waals surface area contributed by atoms with Crippen molar-refractivity contribution < 1.29 is 0 Å². The lowest BCUT2D eigenvalue weighted by atomic mass is 10.0. The maximum atomic E-state index is 8.67. The van der Waals surface area contributed by atoms with Gasteiger partial charge in [0.15, 0.2) is 0 Å². The predicted molar refractivity (Wildman–Crippen MR) is 75.3 cm³/mol. The van der Waals surface area contributed by atoms with Crippen molar-refractivity contribution >= 4 is 6.08 Å². The number of allylic oxidation sites excluding steroid dienone is 1. The third kappa shape index (κ3) is 5.33. The maximum absolute atomic E-state index is 8.67. The number of hydrogen-bond donors (Lipinski definition) is 0. The Morgan fingerprint density at radius 1 is 1.00 bits per heavy atom. The van der Waals surface area contributed by atoms with Crippen molar-refractivity contribution in [3.63, 3.8) is 0 Å². The third-order valence-corrected chi connectivity index (χ3v) is 2.28. The summed E-state index contributed by atoms with van der Waals surface area (Å²) in [5, 5.41) is 34.6. The van der Waals surface area contributed by atoms with Crippen LogP contribution in [0, 0.1) is 51.2 Å². The fourth-order valence-corrected chi connectivity index (χ4v) is 1.36. The van der Waals surface area contributed by atoms with Gasteiger partial charge in [-0.15, -0.1) is 13.2 Å². The molecule has 0 spiro atoms. The van der Waals surface area contributed by atoms with Crippen molar-refractivity contribution in [3.8, 4) is 24.3 Å². The average molecular weight is 260 g/mol. The van der Waals surface area contributed by atoms with Crippen LogP contribution in [0.5, 0.6) is 0 Å². The molecule has 0 saturated heterocycles. The largest absolute Gasteiger partial charge is 0.197 e. The second-order valence-electron chi connectivity index (χ2n) is 3.54. The highest BCUT2D eigenvalue weighted by Gasteiger charge is 2.06. The summed E-state index contributed by atoms with van der Waals surface area (Å²) in [7, 11) is 0. The first kappa shape index (κ1) is 16.7. The number of benzene rings is 1. The molecule has 0 amide bonds. The first-order valence-corrected chi connectivity index (χ1v) is 5.63. The van der Waals surface area contributed by atoms with Gasteiger partial charge in [-0.1, -0.05) is 24.3 Å². The highest BCUT2D eigenvalue weighted by Crippen LogP contribution is 2.12. The van der Waals surface area contributed by atoms with Crippen LogP contribution in [0.3, 0.4) is 0 Å². The minimum Gasteiger partial charge on any atom is -0.197 e. The molecule has 20 heavy (non-hydrogen) atoms. The van der Waals surface area contributed by atoms with Crippen molar-refractivity contribution in [2.45, 2.75) is 6.42 Å². The van der Waals surface area contributed by atoms with Gasteiger partial charge in [0, 0.05) is 6.42 Å². The van der Waals surface area contributed by atoms with E-state index in [1.54, 1.807) is 36.4 Å². The fraction of sp³-hybridized carbons (Fsp3) is 0.125. The van der Waals surface area contributed by atoms with Gasteiger partial charge < -0.3 is 0 Å². The Morgan fingerprint density at radius 2 is 1.50 bits per heavy atom. The SMILES string of the molecule is C=C.N#CC(C#N)=Cc1ccc(CC(C#N)C#N)cc1. The van der Waals surface area contributed by atoms with Gasteiger partial charge in [-0.25, -0.2) is 0 Å². The zero-order valence-corrected chi connectivity index (χ0v) is 10.9. The van der Waals surface area contributed by atoms with Crippen molar-refractivity contribution in [1.82, 2.24) is 0 Å². The molecule has 0 saturated carbocycles. The Bertz CT molecular complexity index is 598. The van der Waals surface area contributed by atoms with E-state index in [0.717, 1.165) is 11.1 Å². The average Bonchev–Trinajstić information content (AvgIpc) is 2.53. The van der Waals surface area contributed by atoms with Crippen LogP contribution in [0.15, 0.2) is 43.0 Å². The van der Waals surface area contributed by atoms with Crippen molar-refractivity contribution in [3.05, 3.63) is 54.1 Å². The zero-order chi connectivity index (χ0) is 15.4. The Balaban J connectivity index is 0.00000172. The Kier molecular flexibility index (Phi) is 8.05. The highest BCUT2D eigenvalue weighted by molar-refractivity contribution is 5.62. The molecular formula is C16H12N4. The third-order valence-electron chi connectivity index (χ3n) is 2.28. The second kappa shape index (κ2) is 9.67. The number of hydrogen-bond acceptors (Lipinski definition) is 4. The minimum absolute atomic E-state index is 0.0367. The van der Waals surface area contributed by atoms with E-state index >= 15 is 0 Å². The van der Waals surface area contributed by atoms with Crippen LogP contribution in [0.2, 0.25) is 0 Å². The molecule has 96 valence electrons. The van der Waals surface area contributed by atoms with E-state index in [9.17, 15) is 0 Å². The molecule has 0 aliphatic carbocycles. The molecule has 0 radical (unpaired) electrons. The number of nitriles is 4. The molecule has 0 unspecified atom stereocenters. The molecular weight excluding hydrogens is 248 g/mol. The molecule has 1 rings (SSSR count). The lowest BCUT2D eigenvalue weighted by Crippen LogP contribution is -1.98. The van der Waals surface area contributed by atoms with Gasteiger partial charge in [-0.3, -0.25) is 0 Å². The van der Waals surface area contributed by atoms with E-state index < -0.39 is 5.92 Å². The summed E-state index contributed by atoms with van der Waals surface area (Å²) in [6.07, 6.45) is 1.86.